The summed E-state index contributed by atoms with van der Waals surface area (Å²) in [6.45, 7) is 2.38. The normalized spacial score (nSPS) is 19.4. The molecule has 0 radical (unpaired) electrons. The molecule has 0 aromatic heterocycles. The second-order valence-corrected chi connectivity index (χ2v) is 4.59. The molecule has 1 fully saturated rings. The lowest BCUT2D eigenvalue weighted by Gasteiger charge is -2.16. The number of hydrogen-bond acceptors (Lipinski definition) is 2. The molecule has 2 rings (SSSR count). The Bertz CT molecular complexity index is 487. The standard InChI is InChI=1S/C13H16N2O3/c1-9-4-3-5-10(6-9)15-8-11(7-12(16)17)14(2)13(15)18/h3-6,11H,7-8H2,1-2H3,(H,16,17). The topological polar surface area (TPSA) is 60.9 Å². The van der Waals surface area contributed by atoms with E-state index < -0.39 is 5.97 Å². The summed E-state index contributed by atoms with van der Waals surface area (Å²) in [6.07, 6.45) is -0.0233. The van der Waals surface area contributed by atoms with Crippen molar-refractivity contribution in [3.05, 3.63) is 29.8 Å². The van der Waals surface area contributed by atoms with E-state index >= 15 is 0 Å². The molecule has 0 aliphatic carbocycles. The second-order valence-electron chi connectivity index (χ2n) is 4.59. The minimum absolute atomic E-state index is 0.0233. The number of urea groups is 1. The van der Waals surface area contributed by atoms with Crippen LogP contribution in [0.5, 0.6) is 0 Å². The molecule has 1 aliphatic heterocycles. The summed E-state index contributed by atoms with van der Waals surface area (Å²) in [4.78, 5) is 25.9. The summed E-state index contributed by atoms with van der Waals surface area (Å²) in [5.41, 5.74) is 1.89. The van der Waals surface area contributed by atoms with E-state index in [1.165, 1.54) is 4.90 Å². The number of carbonyl (C=O) groups is 2. The monoisotopic (exact) mass is 248 g/mol. The molecule has 2 amide bonds. The predicted octanol–water partition coefficient (Wildman–Crippen LogP) is 1.71. The van der Waals surface area contributed by atoms with Gasteiger partial charge in [-0.15, -0.1) is 0 Å². The van der Waals surface area contributed by atoms with Crippen molar-refractivity contribution in [2.24, 2.45) is 0 Å². The molecular weight excluding hydrogens is 232 g/mol. The first-order valence-electron chi connectivity index (χ1n) is 5.82. The van der Waals surface area contributed by atoms with Crippen LogP contribution in [0.2, 0.25) is 0 Å². The molecule has 96 valence electrons. The number of aliphatic carboxylic acids is 1. The van der Waals surface area contributed by atoms with E-state index in [2.05, 4.69) is 0 Å². The maximum atomic E-state index is 12.1. The van der Waals surface area contributed by atoms with Crippen LogP contribution in [0.1, 0.15) is 12.0 Å². The van der Waals surface area contributed by atoms with Gasteiger partial charge in [-0.1, -0.05) is 12.1 Å². The zero-order chi connectivity index (χ0) is 13.3. The quantitative estimate of drug-likeness (QED) is 0.885. The first kappa shape index (κ1) is 12.4. The number of carboxylic acid groups (broad SMARTS) is 1. The van der Waals surface area contributed by atoms with Crippen LogP contribution < -0.4 is 4.90 Å². The molecule has 5 nitrogen and oxygen atoms in total. The van der Waals surface area contributed by atoms with Crippen molar-refractivity contribution in [3.63, 3.8) is 0 Å². The van der Waals surface area contributed by atoms with E-state index in [0.717, 1.165) is 11.3 Å². The Labute approximate surface area is 106 Å². The number of likely N-dealkylation sites (N-methyl/N-ethyl adjacent to an activating group) is 1. The summed E-state index contributed by atoms with van der Waals surface area (Å²) in [5.74, 6) is -0.884. The average molecular weight is 248 g/mol. The molecule has 1 aromatic rings. The van der Waals surface area contributed by atoms with E-state index in [0.29, 0.717) is 6.54 Å². The van der Waals surface area contributed by atoms with E-state index in [1.54, 1.807) is 11.9 Å². The minimum Gasteiger partial charge on any atom is -0.481 e. The summed E-state index contributed by atoms with van der Waals surface area (Å²) in [6, 6.07) is 7.23. The molecule has 1 saturated heterocycles. The Morgan fingerprint density at radius 2 is 2.22 bits per heavy atom. The number of hydrogen-bond donors (Lipinski definition) is 1. The van der Waals surface area contributed by atoms with Gasteiger partial charge in [0.25, 0.3) is 0 Å². The van der Waals surface area contributed by atoms with Gasteiger partial charge < -0.3 is 10.0 Å². The lowest BCUT2D eigenvalue weighted by molar-refractivity contribution is -0.137. The number of anilines is 1. The van der Waals surface area contributed by atoms with Gasteiger partial charge in [0.1, 0.15) is 0 Å². The van der Waals surface area contributed by atoms with Crippen LogP contribution in [0, 0.1) is 6.92 Å². The molecule has 1 aliphatic rings. The van der Waals surface area contributed by atoms with E-state index in [4.69, 9.17) is 5.11 Å². The van der Waals surface area contributed by atoms with Gasteiger partial charge in [-0.2, -0.15) is 0 Å². The molecule has 0 spiro atoms. The third-order valence-corrected chi connectivity index (χ3v) is 3.20. The number of benzene rings is 1. The molecule has 1 atom stereocenters. The highest BCUT2D eigenvalue weighted by molar-refractivity contribution is 5.95. The maximum Gasteiger partial charge on any atom is 0.324 e. The molecule has 1 aromatic carbocycles. The summed E-state index contributed by atoms with van der Waals surface area (Å²) in [5, 5.41) is 8.82. The number of rotatable bonds is 3. The minimum atomic E-state index is -0.884. The molecule has 1 unspecified atom stereocenters. The van der Waals surface area contributed by atoms with Crippen LogP contribution in [-0.4, -0.2) is 41.6 Å². The van der Waals surface area contributed by atoms with Gasteiger partial charge in [-0.3, -0.25) is 9.69 Å². The molecule has 1 heterocycles. The first-order chi connectivity index (χ1) is 8.49. The average Bonchev–Trinajstić information content (AvgIpc) is 2.57. The maximum absolute atomic E-state index is 12.1. The third kappa shape index (κ3) is 2.30. The Hall–Kier alpha value is -2.04. The number of amides is 2. The molecule has 18 heavy (non-hydrogen) atoms. The van der Waals surface area contributed by atoms with Crippen LogP contribution >= 0.6 is 0 Å². The highest BCUT2D eigenvalue weighted by atomic mass is 16.4. The molecule has 0 saturated carbocycles. The number of carboxylic acids is 1. The lowest BCUT2D eigenvalue weighted by atomic mass is 10.2. The number of nitrogens with zero attached hydrogens (tertiary/aromatic N) is 2. The molecule has 5 heteroatoms. The molecule has 1 N–H and O–H groups in total. The van der Waals surface area contributed by atoms with Crippen molar-refractivity contribution in [2.75, 3.05) is 18.5 Å². The third-order valence-electron chi connectivity index (χ3n) is 3.20. The zero-order valence-electron chi connectivity index (χ0n) is 10.5. The number of aryl methyl sites for hydroxylation is 1. The van der Waals surface area contributed by atoms with Crippen molar-refractivity contribution >= 4 is 17.7 Å². The Morgan fingerprint density at radius 1 is 1.50 bits per heavy atom. The van der Waals surface area contributed by atoms with Crippen molar-refractivity contribution in [3.8, 4) is 0 Å². The smallest absolute Gasteiger partial charge is 0.324 e. The Kier molecular flexibility index (Phi) is 3.23. The fourth-order valence-corrected chi connectivity index (χ4v) is 2.17. The van der Waals surface area contributed by atoms with Gasteiger partial charge in [0.05, 0.1) is 12.5 Å². The lowest BCUT2D eigenvalue weighted by Crippen LogP contribution is -2.32. The van der Waals surface area contributed by atoms with Gasteiger partial charge in [-0.05, 0) is 24.6 Å². The van der Waals surface area contributed by atoms with Crippen LogP contribution in [0.3, 0.4) is 0 Å². The van der Waals surface area contributed by atoms with Crippen LogP contribution in [-0.2, 0) is 4.79 Å². The summed E-state index contributed by atoms with van der Waals surface area (Å²) in [7, 11) is 1.64. The van der Waals surface area contributed by atoms with Crippen molar-refractivity contribution in [1.29, 1.82) is 0 Å². The van der Waals surface area contributed by atoms with E-state index in [1.807, 2.05) is 31.2 Å². The Balaban J connectivity index is 2.21. The fourth-order valence-electron chi connectivity index (χ4n) is 2.17. The van der Waals surface area contributed by atoms with Crippen LogP contribution in [0.25, 0.3) is 0 Å². The van der Waals surface area contributed by atoms with Gasteiger partial charge in [-0.25, -0.2) is 4.79 Å². The predicted molar refractivity (Wildman–Crippen MR) is 67.7 cm³/mol. The van der Waals surface area contributed by atoms with Gasteiger partial charge in [0.2, 0.25) is 0 Å². The highest BCUT2D eigenvalue weighted by Crippen LogP contribution is 2.24. The van der Waals surface area contributed by atoms with Crippen molar-refractivity contribution in [2.45, 2.75) is 19.4 Å². The van der Waals surface area contributed by atoms with Gasteiger partial charge in [0, 0.05) is 19.3 Å². The fraction of sp³-hybridized carbons (Fsp3) is 0.385. The summed E-state index contributed by atoms with van der Waals surface area (Å²) >= 11 is 0. The largest absolute Gasteiger partial charge is 0.481 e. The van der Waals surface area contributed by atoms with E-state index in [9.17, 15) is 9.59 Å². The van der Waals surface area contributed by atoms with E-state index in [-0.39, 0.29) is 18.5 Å². The van der Waals surface area contributed by atoms with Crippen LogP contribution in [0.4, 0.5) is 10.5 Å². The van der Waals surface area contributed by atoms with Crippen molar-refractivity contribution in [1.82, 2.24) is 4.90 Å². The first-order valence-corrected chi connectivity index (χ1v) is 5.82. The number of carbonyl (C=O) groups excluding carboxylic acids is 1. The molecule has 0 bridgehead atoms. The SMILES string of the molecule is Cc1cccc(N2CC(CC(=O)O)N(C)C2=O)c1. The molecular formula is C13H16N2O3. The Morgan fingerprint density at radius 3 is 2.83 bits per heavy atom. The second kappa shape index (κ2) is 4.68. The van der Waals surface area contributed by atoms with Crippen LogP contribution in [0.15, 0.2) is 24.3 Å². The van der Waals surface area contributed by atoms with Gasteiger partial charge >= 0.3 is 12.0 Å². The highest BCUT2D eigenvalue weighted by Gasteiger charge is 2.36. The van der Waals surface area contributed by atoms with Crippen molar-refractivity contribution < 1.29 is 14.7 Å². The summed E-state index contributed by atoms with van der Waals surface area (Å²) < 4.78 is 0. The van der Waals surface area contributed by atoms with Gasteiger partial charge in [0.15, 0.2) is 0 Å². The zero-order valence-corrected chi connectivity index (χ0v) is 10.5.